The molecule has 5 aliphatic carbocycles. The van der Waals surface area contributed by atoms with Crippen LogP contribution in [0.15, 0.2) is 23.4 Å². The second-order valence-corrected chi connectivity index (χ2v) is 14.9. The van der Waals surface area contributed by atoms with E-state index in [1.165, 1.54) is 7.11 Å². The number of ketones is 2. The molecule has 7 heteroatoms. The Labute approximate surface area is 232 Å². The van der Waals surface area contributed by atoms with Gasteiger partial charge in [0.2, 0.25) is 5.70 Å². The number of allylic oxidation sites excluding steroid dienone is 4. The number of fused-ring (bicyclic) bond motifs is 7. The Morgan fingerprint density at radius 2 is 1.77 bits per heavy atom. The van der Waals surface area contributed by atoms with Gasteiger partial charge in [-0.1, -0.05) is 53.2 Å². The lowest BCUT2D eigenvalue weighted by Crippen LogP contribution is -2.69. The van der Waals surface area contributed by atoms with Crippen LogP contribution in [0.3, 0.4) is 0 Å². The number of aliphatic hydroxyl groups excluding tert-OH is 1. The van der Waals surface area contributed by atoms with Crippen molar-refractivity contribution in [3.05, 3.63) is 34.8 Å². The number of ether oxygens (including phenoxy) is 1. The second-order valence-electron chi connectivity index (χ2n) is 14.9. The van der Waals surface area contributed by atoms with Gasteiger partial charge in [-0.05, 0) is 79.1 Å². The molecular weight excluding hydrogens is 492 g/mol. The lowest BCUT2D eigenvalue weighted by Gasteiger charge is -2.69. The summed E-state index contributed by atoms with van der Waals surface area (Å²) in [7, 11) is 1.39. The van der Waals surface area contributed by atoms with Crippen LogP contribution < -0.4 is 5.32 Å². The van der Waals surface area contributed by atoms with Crippen LogP contribution in [-0.2, 0) is 14.3 Å². The topological polar surface area (TPSA) is 97.1 Å². The molecule has 7 nitrogen and oxygen atoms in total. The van der Waals surface area contributed by atoms with Crippen LogP contribution in [0.4, 0.5) is 4.79 Å². The fourth-order valence-electron chi connectivity index (χ4n) is 10.1. The van der Waals surface area contributed by atoms with Gasteiger partial charge in [0.1, 0.15) is 0 Å². The number of carbonyl (C=O) groups excluding carboxylic acids is 3. The first-order valence-corrected chi connectivity index (χ1v) is 14.5. The van der Waals surface area contributed by atoms with Gasteiger partial charge in [-0.15, -0.1) is 0 Å². The Morgan fingerprint density at radius 3 is 2.38 bits per heavy atom. The van der Waals surface area contributed by atoms with Crippen LogP contribution >= 0.6 is 0 Å². The maximum Gasteiger partial charge on any atom is 0.407 e. The number of carbonyl (C=O) groups is 3. The van der Waals surface area contributed by atoms with Crippen molar-refractivity contribution in [3.63, 3.8) is 0 Å². The summed E-state index contributed by atoms with van der Waals surface area (Å²) in [5.41, 5.74) is -1.80. The largest absolute Gasteiger partial charge is 0.453 e. The highest BCUT2D eigenvalue weighted by Crippen LogP contribution is 2.73. The Hall–Kier alpha value is -2.46. The molecule has 3 fully saturated rings. The number of hydrogen-bond donors (Lipinski definition) is 2. The molecule has 0 aromatic carbocycles. The number of alkyl carbamates (subject to hydrolysis) is 1. The summed E-state index contributed by atoms with van der Waals surface area (Å²) < 4.78 is 5.05. The Bertz CT molecular complexity index is 1240. The molecule has 212 valence electrons. The quantitative estimate of drug-likeness (QED) is 0.445. The molecule has 3 saturated carbocycles. The summed E-state index contributed by atoms with van der Waals surface area (Å²) in [6.45, 7) is 20.3. The minimum absolute atomic E-state index is 0.0169. The zero-order valence-electron chi connectivity index (χ0n) is 24.6. The molecule has 0 heterocycles. The molecule has 5 aliphatic rings. The van der Waals surface area contributed by atoms with Crippen molar-refractivity contribution >= 4 is 17.7 Å². The lowest BCUT2D eigenvalue weighted by molar-refractivity contribution is -0.162. The minimum Gasteiger partial charge on any atom is -0.453 e. The molecule has 0 aromatic rings. The molecule has 0 radical (unpaired) electrons. The first-order valence-electron chi connectivity index (χ1n) is 14.5. The van der Waals surface area contributed by atoms with Gasteiger partial charge in [0, 0.05) is 22.3 Å². The average molecular weight is 537 g/mol. The van der Waals surface area contributed by atoms with Gasteiger partial charge in [0.05, 0.1) is 20.3 Å². The number of Topliss-reactive ketones (excluding diaryl/α,β-unsaturated/α-hetero) is 1. The molecule has 0 aliphatic heterocycles. The van der Waals surface area contributed by atoms with Gasteiger partial charge in [-0.2, -0.15) is 0 Å². The summed E-state index contributed by atoms with van der Waals surface area (Å²) in [5.74, 6) is -0.672. The highest BCUT2D eigenvalue weighted by Gasteiger charge is 2.70. The monoisotopic (exact) mass is 536 g/mol. The predicted octanol–water partition coefficient (Wildman–Crippen LogP) is 5.64. The summed E-state index contributed by atoms with van der Waals surface area (Å²) in [6, 6.07) is 0. The van der Waals surface area contributed by atoms with E-state index in [0.29, 0.717) is 0 Å². The van der Waals surface area contributed by atoms with Gasteiger partial charge in [-0.25, -0.2) is 9.64 Å². The first kappa shape index (κ1) is 28.1. The van der Waals surface area contributed by atoms with E-state index in [1.807, 2.05) is 6.08 Å². The van der Waals surface area contributed by atoms with Gasteiger partial charge >= 0.3 is 6.09 Å². The molecule has 5 rings (SSSR count). The first-order chi connectivity index (χ1) is 18.1. The van der Waals surface area contributed by atoms with Crippen LogP contribution in [0.5, 0.6) is 0 Å². The zero-order valence-corrected chi connectivity index (χ0v) is 24.6. The molecule has 39 heavy (non-hydrogen) atoms. The maximum atomic E-state index is 14.4. The van der Waals surface area contributed by atoms with Crippen LogP contribution in [0.1, 0.15) is 86.5 Å². The number of methoxy groups -OCH3 is 1. The normalized spacial score (nSPS) is 46.3. The van der Waals surface area contributed by atoms with Crippen molar-refractivity contribution in [2.24, 2.45) is 44.8 Å². The number of nitrogens with one attached hydrogen (secondary N) is 1. The summed E-state index contributed by atoms with van der Waals surface area (Å²) in [5, 5.41) is 13.7. The van der Waals surface area contributed by atoms with Gasteiger partial charge in [0.15, 0.2) is 11.6 Å². The SMILES string of the molecule is [C-]#[N+]C1=C[C@]2(C)C3=CC(=O)[C@@H]4[C@@H]5CC(C)(C)CC[C@]5(NC(=O)OC)CC[C@@]4(C)[C@]3(C)CC[C@H]2[C@](C)(CO)C1=O. The number of amides is 1. The molecule has 8 atom stereocenters. The predicted molar refractivity (Wildman–Crippen MR) is 147 cm³/mol. The van der Waals surface area contributed by atoms with E-state index in [0.717, 1.165) is 50.5 Å². The van der Waals surface area contributed by atoms with Crippen LogP contribution in [0.2, 0.25) is 0 Å². The van der Waals surface area contributed by atoms with E-state index in [9.17, 15) is 19.5 Å². The fraction of sp³-hybridized carbons (Fsp3) is 0.750. The second kappa shape index (κ2) is 8.52. The van der Waals surface area contributed by atoms with Crippen molar-refractivity contribution in [2.75, 3.05) is 13.7 Å². The molecule has 1 amide bonds. The van der Waals surface area contributed by atoms with E-state index >= 15 is 0 Å². The highest BCUT2D eigenvalue weighted by molar-refractivity contribution is 6.03. The number of hydrogen-bond acceptors (Lipinski definition) is 5. The smallest absolute Gasteiger partial charge is 0.407 e. The van der Waals surface area contributed by atoms with Crippen molar-refractivity contribution < 1.29 is 24.2 Å². The number of aliphatic hydroxyl groups is 1. The van der Waals surface area contributed by atoms with Crippen LogP contribution in [0, 0.1) is 51.4 Å². The molecule has 0 spiro atoms. The van der Waals surface area contributed by atoms with E-state index in [1.54, 1.807) is 13.0 Å². The Balaban J connectivity index is 1.68. The molecular formula is C32H44N2O5. The summed E-state index contributed by atoms with van der Waals surface area (Å²) in [6.07, 6.45) is 8.96. The van der Waals surface area contributed by atoms with Gasteiger partial charge in [0.25, 0.3) is 0 Å². The minimum atomic E-state index is -1.06. The average Bonchev–Trinajstić information content (AvgIpc) is 2.88. The standard InChI is InChI=1S/C32H44N2O5/c1-27(2)11-13-32(34-26(38)39-8)14-12-31(6)24(19(32)16-27)21(36)15-23-28(3)17-20(33-7)25(37)29(4,18-35)22(28)9-10-30(23,31)5/h15,17,19,22,24,35H,9-14,16,18H2,1-6,8H3,(H,34,38)/t19-,22+,24-,28-,29-,30+,31+,32-/m0/s1. The molecule has 0 saturated heterocycles. The number of rotatable bonds is 2. The molecule has 0 aromatic heterocycles. The lowest BCUT2D eigenvalue weighted by atomic mass is 9.35. The van der Waals surface area contributed by atoms with Gasteiger partial charge < -0.3 is 20.0 Å². The third-order valence-corrected chi connectivity index (χ3v) is 12.5. The highest BCUT2D eigenvalue weighted by atomic mass is 16.5. The Kier molecular flexibility index (Phi) is 6.14. The zero-order chi connectivity index (χ0) is 28.8. The van der Waals surface area contributed by atoms with Crippen molar-refractivity contribution in [3.8, 4) is 0 Å². The van der Waals surface area contributed by atoms with Crippen molar-refractivity contribution in [1.82, 2.24) is 5.32 Å². The molecule has 2 N–H and O–H groups in total. The van der Waals surface area contributed by atoms with E-state index in [4.69, 9.17) is 11.3 Å². The summed E-state index contributed by atoms with van der Waals surface area (Å²) in [4.78, 5) is 43.9. The van der Waals surface area contributed by atoms with E-state index < -0.39 is 22.5 Å². The van der Waals surface area contributed by atoms with Crippen LogP contribution in [0.25, 0.3) is 4.85 Å². The van der Waals surface area contributed by atoms with Crippen molar-refractivity contribution in [1.29, 1.82) is 0 Å². The fourth-order valence-corrected chi connectivity index (χ4v) is 10.1. The maximum absolute atomic E-state index is 14.4. The Morgan fingerprint density at radius 1 is 1.10 bits per heavy atom. The third-order valence-electron chi connectivity index (χ3n) is 12.5. The van der Waals surface area contributed by atoms with Crippen LogP contribution in [-0.4, -0.2) is 42.0 Å². The third kappa shape index (κ3) is 3.52. The molecule has 0 unspecified atom stereocenters. The summed E-state index contributed by atoms with van der Waals surface area (Å²) >= 11 is 0. The molecule has 0 bridgehead atoms. The van der Waals surface area contributed by atoms with Crippen molar-refractivity contribution in [2.45, 2.75) is 92.0 Å². The number of nitrogens with zero attached hydrogens (tertiary/aromatic N) is 1. The van der Waals surface area contributed by atoms with E-state index in [-0.39, 0.29) is 57.9 Å². The van der Waals surface area contributed by atoms with E-state index in [2.05, 4.69) is 44.8 Å². The van der Waals surface area contributed by atoms with Gasteiger partial charge in [-0.3, -0.25) is 4.79 Å².